The number of anilines is 1. The van der Waals surface area contributed by atoms with E-state index in [2.05, 4.69) is 47.5 Å². The molecule has 8 heteroatoms. The third-order valence-electron chi connectivity index (χ3n) is 6.77. The van der Waals surface area contributed by atoms with Crippen molar-refractivity contribution >= 4 is 5.69 Å². The van der Waals surface area contributed by atoms with Crippen molar-refractivity contribution < 1.29 is 25.2 Å². The molecule has 0 aliphatic carbocycles. The minimum absolute atomic E-state index is 0.201. The summed E-state index contributed by atoms with van der Waals surface area (Å²) >= 11 is 0. The average molecular weight is 472 g/mol. The highest BCUT2D eigenvalue weighted by molar-refractivity contribution is 5.49. The van der Waals surface area contributed by atoms with Crippen LogP contribution in [-0.2, 0) is 24.4 Å². The van der Waals surface area contributed by atoms with Crippen molar-refractivity contribution in [3.8, 4) is 0 Å². The van der Waals surface area contributed by atoms with Gasteiger partial charge in [0.05, 0.1) is 32.0 Å². The first kappa shape index (κ1) is 25.1. The van der Waals surface area contributed by atoms with Gasteiger partial charge in [-0.2, -0.15) is 0 Å². The van der Waals surface area contributed by atoms with Crippen LogP contribution in [0.4, 0.5) is 5.69 Å². The molecule has 0 bridgehead atoms. The van der Waals surface area contributed by atoms with E-state index in [1.165, 1.54) is 11.1 Å². The number of aliphatic hydroxyl groups excluding tert-OH is 4. The Morgan fingerprint density at radius 1 is 0.912 bits per heavy atom. The summed E-state index contributed by atoms with van der Waals surface area (Å²) in [6.07, 6.45) is -3.46. The molecule has 4 rings (SSSR count). The molecule has 2 heterocycles. The quantitative estimate of drug-likeness (QED) is 0.383. The number of piperidine rings is 1. The first-order valence-corrected chi connectivity index (χ1v) is 12.0. The summed E-state index contributed by atoms with van der Waals surface area (Å²) in [5.41, 5.74) is 5.80. The molecule has 2 aromatic carbocycles. The van der Waals surface area contributed by atoms with Gasteiger partial charge in [0.1, 0.15) is 12.2 Å². The van der Waals surface area contributed by atoms with Crippen molar-refractivity contribution in [3.63, 3.8) is 0 Å². The molecule has 8 nitrogen and oxygen atoms in total. The van der Waals surface area contributed by atoms with Gasteiger partial charge in [-0.25, -0.2) is 0 Å². The molecule has 5 N–H and O–H groups in total. The van der Waals surface area contributed by atoms with Gasteiger partial charge in [0, 0.05) is 45.0 Å². The molecule has 2 aliphatic heterocycles. The van der Waals surface area contributed by atoms with Gasteiger partial charge < -0.3 is 30.5 Å². The van der Waals surface area contributed by atoms with Crippen molar-refractivity contribution in [3.05, 3.63) is 64.7 Å². The zero-order valence-corrected chi connectivity index (χ0v) is 19.8. The third-order valence-corrected chi connectivity index (χ3v) is 6.77. The van der Waals surface area contributed by atoms with Crippen molar-refractivity contribution in [2.45, 2.75) is 50.9 Å². The lowest BCUT2D eigenvalue weighted by molar-refractivity contribution is -0.147. The van der Waals surface area contributed by atoms with Gasteiger partial charge in [0.25, 0.3) is 0 Å². The molecule has 0 aromatic heterocycles. The molecule has 0 unspecified atom stereocenters. The van der Waals surface area contributed by atoms with Crippen LogP contribution in [0, 0.1) is 6.92 Å². The molecule has 2 aromatic rings. The molecule has 0 saturated carbocycles. The highest BCUT2D eigenvalue weighted by Crippen LogP contribution is 2.22. The fourth-order valence-corrected chi connectivity index (χ4v) is 4.83. The van der Waals surface area contributed by atoms with E-state index in [0.717, 1.165) is 49.7 Å². The number of hydrogen-bond acceptors (Lipinski definition) is 8. The lowest BCUT2D eigenvalue weighted by atomic mass is 9.93. The highest BCUT2D eigenvalue weighted by Gasteiger charge is 2.40. The minimum Gasteiger partial charge on any atom is -0.395 e. The predicted molar refractivity (Wildman–Crippen MR) is 130 cm³/mol. The normalized spacial score (nSPS) is 26.5. The number of aliphatic hydroxyl groups is 4. The van der Waals surface area contributed by atoms with E-state index in [4.69, 9.17) is 4.74 Å². The number of β-amino-alcohol motifs (C(OH)–C–C–N with tert-alkyl or cyclic N) is 1. The van der Waals surface area contributed by atoms with E-state index in [0.29, 0.717) is 13.1 Å². The van der Waals surface area contributed by atoms with Crippen molar-refractivity contribution in [2.24, 2.45) is 0 Å². The number of hydrogen-bond donors (Lipinski definition) is 5. The largest absolute Gasteiger partial charge is 0.395 e. The fraction of sp³-hybridized carbons (Fsp3) is 0.538. The number of aryl methyl sites for hydroxylation is 1. The molecule has 34 heavy (non-hydrogen) atoms. The average Bonchev–Trinajstić information content (AvgIpc) is 2.83. The second-order valence-corrected chi connectivity index (χ2v) is 9.49. The number of benzene rings is 2. The molecule has 4 atom stereocenters. The minimum atomic E-state index is -1.24. The van der Waals surface area contributed by atoms with Crippen LogP contribution < -0.4 is 5.32 Å². The molecule has 0 radical (unpaired) electrons. The van der Waals surface area contributed by atoms with Gasteiger partial charge in [-0.05, 0) is 41.3 Å². The molecule has 0 amide bonds. The van der Waals surface area contributed by atoms with Crippen LogP contribution in [0.5, 0.6) is 0 Å². The fourth-order valence-electron chi connectivity index (χ4n) is 4.83. The number of nitrogens with one attached hydrogen (secondary N) is 1. The van der Waals surface area contributed by atoms with Gasteiger partial charge >= 0.3 is 0 Å². The van der Waals surface area contributed by atoms with Gasteiger partial charge in [-0.1, -0.05) is 30.3 Å². The molecule has 186 valence electrons. The summed E-state index contributed by atoms with van der Waals surface area (Å²) in [7, 11) is 0. The number of rotatable bonds is 8. The van der Waals surface area contributed by atoms with Crippen molar-refractivity contribution in [1.29, 1.82) is 0 Å². The van der Waals surface area contributed by atoms with Crippen LogP contribution in [0.2, 0.25) is 0 Å². The highest BCUT2D eigenvalue weighted by atomic mass is 16.5. The maximum absolute atomic E-state index is 10.2. The summed E-state index contributed by atoms with van der Waals surface area (Å²) in [6, 6.07) is 14.2. The number of likely N-dealkylation sites (tertiary alicyclic amines) is 1. The van der Waals surface area contributed by atoms with E-state index < -0.39 is 24.4 Å². The Bertz CT molecular complexity index is 919. The second kappa shape index (κ2) is 11.6. The topological polar surface area (TPSA) is 109 Å². The van der Waals surface area contributed by atoms with Gasteiger partial charge in [0.2, 0.25) is 0 Å². The molecule has 2 aliphatic rings. The number of morpholine rings is 1. The SMILES string of the molecule is Cc1cc(CN2CCOCC2)cc(NCc2ccc(CN3C[C@H](O)[C@@H](O)[C@H](O)[C@H]3CO)cc2)c1. The monoisotopic (exact) mass is 471 g/mol. The van der Waals surface area contributed by atoms with Gasteiger partial charge in [-0.3, -0.25) is 9.80 Å². The first-order chi connectivity index (χ1) is 16.4. The second-order valence-electron chi connectivity index (χ2n) is 9.49. The maximum atomic E-state index is 10.2. The van der Waals surface area contributed by atoms with E-state index in [9.17, 15) is 20.4 Å². The Hall–Kier alpha value is -2.04. The summed E-state index contributed by atoms with van der Waals surface area (Å²) in [5, 5.41) is 43.3. The molecule has 2 saturated heterocycles. The Kier molecular flexibility index (Phi) is 8.55. The zero-order chi connectivity index (χ0) is 24.1. The lowest BCUT2D eigenvalue weighted by Crippen LogP contribution is -2.62. The van der Waals surface area contributed by atoms with Crippen LogP contribution in [0.1, 0.15) is 22.3 Å². The Labute approximate surface area is 201 Å². The Morgan fingerprint density at radius 3 is 2.32 bits per heavy atom. The van der Waals surface area contributed by atoms with Crippen molar-refractivity contribution in [1.82, 2.24) is 9.80 Å². The smallest absolute Gasteiger partial charge is 0.109 e. The number of nitrogens with zero attached hydrogens (tertiary/aromatic N) is 2. The van der Waals surface area contributed by atoms with Gasteiger partial charge in [0.15, 0.2) is 0 Å². The standard InChI is InChI=1S/C26H37N3O5/c1-18-10-21(14-28-6-8-34-9-7-28)12-22(11-18)27-13-19-2-4-20(5-3-19)15-29-16-24(31)26(33)25(32)23(29)17-30/h2-5,10-12,23-27,30-33H,6-9,13-17H2,1H3/t23-,24+,25-,26-/m1/s1. The van der Waals surface area contributed by atoms with Crippen LogP contribution >= 0.6 is 0 Å². The third kappa shape index (κ3) is 6.34. The summed E-state index contributed by atoms with van der Waals surface area (Å²) in [6.45, 7) is 7.69. The predicted octanol–water partition coefficient (Wildman–Crippen LogP) is 0.699. The summed E-state index contributed by atoms with van der Waals surface area (Å²) < 4.78 is 5.45. The summed E-state index contributed by atoms with van der Waals surface area (Å²) in [4.78, 5) is 4.24. The van der Waals surface area contributed by atoms with E-state index in [-0.39, 0.29) is 13.2 Å². The van der Waals surface area contributed by atoms with Gasteiger partial charge in [-0.15, -0.1) is 0 Å². The van der Waals surface area contributed by atoms with Crippen molar-refractivity contribution in [2.75, 3.05) is 44.8 Å². The zero-order valence-electron chi connectivity index (χ0n) is 19.8. The van der Waals surface area contributed by atoms with E-state index in [1.807, 2.05) is 17.0 Å². The molecule has 2 fully saturated rings. The molecule has 0 spiro atoms. The lowest BCUT2D eigenvalue weighted by Gasteiger charge is -2.43. The first-order valence-electron chi connectivity index (χ1n) is 12.0. The van der Waals surface area contributed by atoms with Crippen LogP contribution in [0.3, 0.4) is 0 Å². The Balaban J connectivity index is 1.33. The van der Waals surface area contributed by atoms with Crippen LogP contribution in [-0.4, -0.2) is 94.0 Å². The van der Waals surface area contributed by atoms with Crippen LogP contribution in [0.25, 0.3) is 0 Å². The molecular weight excluding hydrogens is 434 g/mol. The van der Waals surface area contributed by atoms with E-state index in [1.54, 1.807) is 0 Å². The number of ether oxygens (including phenoxy) is 1. The summed E-state index contributed by atoms with van der Waals surface area (Å²) in [5.74, 6) is 0. The Morgan fingerprint density at radius 2 is 1.62 bits per heavy atom. The van der Waals surface area contributed by atoms with Crippen LogP contribution in [0.15, 0.2) is 42.5 Å². The van der Waals surface area contributed by atoms with E-state index >= 15 is 0 Å². The molecular formula is C26H37N3O5. The maximum Gasteiger partial charge on any atom is 0.109 e.